The first-order valence-corrected chi connectivity index (χ1v) is 8.55. The molecule has 0 saturated carbocycles. The highest BCUT2D eigenvalue weighted by molar-refractivity contribution is 5.70. The molecule has 0 radical (unpaired) electrons. The molecule has 1 aliphatic rings. The van der Waals surface area contributed by atoms with Crippen LogP contribution < -0.4 is 9.80 Å². The van der Waals surface area contributed by atoms with Crippen molar-refractivity contribution in [2.45, 2.75) is 19.8 Å². The highest BCUT2D eigenvalue weighted by Gasteiger charge is 2.18. The molecule has 1 N–H and O–H groups in total. The highest BCUT2D eigenvalue weighted by atomic mass is 16.5. The molecule has 0 aromatic heterocycles. The zero-order valence-corrected chi connectivity index (χ0v) is 14.7. The zero-order valence-electron chi connectivity index (χ0n) is 14.7. The number of nitrogens with zero attached hydrogens (tertiary/aromatic N) is 2. The van der Waals surface area contributed by atoms with E-state index in [1.165, 1.54) is 11.3 Å². The van der Waals surface area contributed by atoms with Crippen LogP contribution in [0.2, 0.25) is 0 Å². The molecular weight excluding hydrogens is 300 g/mol. The van der Waals surface area contributed by atoms with Gasteiger partial charge in [0.15, 0.2) is 0 Å². The van der Waals surface area contributed by atoms with Gasteiger partial charge in [0.1, 0.15) is 5.75 Å². The Hall–Kier alpha value is -2.20. The predicted octanol–water partition coefficient (Wildman–Crippen LogP) is 4.12. The number of ether oxygens (including phenoxy) is 1. The molecule has 0 spiro atoms. The number of hydrogen-bond acceptors (Lipinski definition) is 4. The van der Waals surface area contributed by atoms with Crippen LogP contribution in [0.3, 0.4) is 0 Å². The van der Waals surface area contributed by atoms with Gasteiger partial charge in [0, 0.05) is 37.2 Å². The average Bonchev–Trinajstić information content (AvgIpc) is 2.62. The van der Waals surface area contributed by atoms with Gasteiger partial charge in [-0.3, -0.25) is 0 Å². The van der Waals surface area contributed by atoms with Crippen LogP contribution in [0.4, 0.5) is 17.1 Å². The highest BCUT2D eigenvalue weighted by Crippen LogP contribution is 2.34. The molecule has 24 heavy (non-hydrogen) atoms. The van der Waals surface area contributed by atoms with E-state index in [9.17, 15) is 5.11 Å². The third kappa shape index (κ3) is 3.49. The first-order valence-electron chi connectivity index (χ1n) is 8.55. The van der Waals surface area contributed by atoms with Crippen molar-refractivity contribution in [1.82, 2.24) is 0 Å². The number of phenols is 1. The minimum atomic E-state index is 0.288. The van der Waals surface area contributed by atoms with Gasteiger partial charge in [-0.05, 0) is 47.9 Å². The lowest BCUT2D eigenvalue weighted by Gasteiger charge is -2.33. The van der Waals surface area contributed by atoms with Gasteiger partial charge in [-0.1, -0.05) is 19.9 Å². The first kappa shape index (κ1) is 16.7. The molecule has 1 saturated heterocycles. The van der Waals surface area contributed by atoms with Crippen molar-refractivity contribution >= 4 is 17.1 Å². The molecule has 128 valence electrons. The van der Waals surface area contributed by atoms with Gasteiger partial charge in [-0.15, -0.1) is 0 Å². The van der Waals surface area contributed by atoms with Crippen molar-refractivity contribution < 1.29 is 9.84 Å². The van der Waals surface area contributed by atoms with Gasteiger partial charge in [-0.25, -0.2) is 0 Å². The quantitative estimate of drug-likeness (QED) is 0.917. The maximum atomic E-state index is 9.48. The molecule has 1 fully saturated rings. The average molecular weight is 326 g/mol. The molecule has 1 aliphatic heterocycles. The second kappa shape index (κ2) is 7.14. The van der Waals surface area contributed by atoms with Crippen LogP contribution in [0, 0.1) is 0 Å². The lowest BCUT2D eigenvalue weighted by atomic mass is 9.99. The Morgan fingerprint density at radius 2 is 1.62 bits per heavy atom. The van der Waals surface area contributed by atoms with Crippen molar-refractivity contribution in [3.63, 3.8) is 0 Å². The summed E-state index contributed by atoms with van der Waals surface area (Å²) in [6, 6.07) is 14.0. The lowest BCUT2D eigenvalue weighted by molar-refractivity contribution is 0.122. The molecule has 4 heteroatoms. The second-order valence-electron chi connectivity index (χ2n) is 6.57. The molecule has 0 bridgehead atoms. The van der Waals surface area contributed by atoms with Gasteiger partial charge in [0.2, 0.25) is 0 Å². The Morgan fingerprint density at radius 3 is 2.25 bits per heavy atom. The third-order valence-corrected chi connectivity index (χ3v) is 4.61. The van der Waals surface area contributed by atoms with Crippen LogP contribution in [0.1, 0.15) is 25.3 Å². The number of aromatic hydroxyl groups is 1. The normalized spacial score (nSPS) is 14.9. The lowest BCUT2D eigenvalue weighted by Crippen LogP contribution is -2.37. The zero-order chi connectivity index (χ0) is 17.1. The molecule has 2 aromatic rings. The number of morpholine rings is 1. The van der Waals surface area contributed by atoms with Crippen molar-refractivity contribution in [3.8, 4) is 5.75 Å². The number of anilines is 3. The van der Waals surface area contributed by atoms with Crippen molar-refractivity contribution in [1.29, 1.82) is 0 Å². The van der Waals surface area contributed by atoms with Gasteiger partial charge in [0.05, 0.1) is 13.2 Å². The summed E-state index contributed by atoms with van der Waals surface area (Å²) in [4.78, 5) is 4.57. The van der Waals surface area contributed by atoms with Gasteiger partial charge in [-0.2, -0.15) is 0 Å². The van der Waals surface area contributed by atoms with E-state index in [0.29, 0.717) is 5.92 Å². The van der Waals surface area contributed by atoms with Gasteiger partial charge >= 0.3 is 0 Å². The molecule has 4 nitrogen and oxygen atoms in total. The van der Waals surface area contributed by atoms with Gasteiger partial charge < -0.3 is 19.6 Å². The fraction of sp³-hybridized carbons (Fsp3) is 0.400. The van der Waals surface area contributed by atoms with Crippen molar-refractivity contribution in [3.05, 3.63) is 48.0 Å². The monoisotopic (exact) mass is 326 g/mol. The summed E-state index contributed by atoms with van der Waals surface area (Å²) < 4.78 is 5.50. The summed E-state index contributed by atoms with van der Waals surface area (Å²) in [6.45, 7) is 7.93. The van der Waals surface area contributed by atoms with Crippen LogP contribution in [0.25, 0.3) is 0 Å². The van der Waals surface area contributed by atoms with Crippen LogP contribution in [0.15, 0.2) is 42.5 Å². The molecule has 2 aromatic carbocycles. The molecule has 3 rings (SSSR count). The minimum Gasteiger partial charge on any atom is -0.508 e. The molecule has 0 aliphatic carbocycles. The van der Waals surface area contributed by atoms with Gasteiger partial charge in [0.25, 0.3) is 0 Å². The minimum absolute atomic E-state index is 0.288. The third-order valence-electron chi connectivity index (χ3n) is 4.61. The van der Waals surface area contributed by atoms with E-state index in [4.69, 9.17) is 4.74 Å². The summed E-state index contributed by atoms with van der Waals surface area (Å²) in [7, 11) is 2.06. The first-order chi connectivity index (χ1) is 11.6. The SMILES string of the molecule is CC(C)c1ccc(N(C)c2ccc(O)cc2)cc1N1CCOCC1. The van der Waals surface area contributed by atoms with E-state index in [2.05, 4.69) is 48.9 Å². The number of benzene rings is 2. The largest absolute Gasteiger partial charge is 0.508 e. The van der Waals surface area contributed by atoms with Crippen LogP contribution in [-0.2, 0) is 4.74 Å². The Bertz CT molecular complexity index is 677. The standard InChI is InChI=1S/C20H26N2O2/c1-15(2)19-9-6-17(14-20(19)22-10-12-24-13-11-22)21(3)16-4-7-18(23)8-5-16/h4-9,14-15,23H,10-13H2,1-3H3. The maximum absolute atomic E-state index is 9.48. The Morgan fingerprint density at radius 1 is 1.00 bits per heavy atom. The van der Waals surface area contributed by atoms with E-state index >= 15 is 0 Å². The Labute approximate surface area is 144 Å². The molecule has 0 atom stereocenters. The summed E-state index contributed by atoms with van der Waals surface area (Å²) >= 11 is 0. The van der Waals surface area contributed by atoms with E-state index in [-0.39, 0.29) is 5.75 Å². The molecule has 1 heterocycles. The van der Waals surface area contributed by atoms with Crippen LogP contribution >= 0.6 is 0 Å². The van der Waals surface area contributed by atoms with E-state index < -0.39 is 0 Å². The maximum Gasteiger partial charge on any atom is 0.115 e. The van der Waals surface area contributed by atoms with Crippen molar-refractivity contribution in [2.24, 2.45) is 0 Å². The molecule has 0 unspecified atom stereocenters. The summed E-state index contributed by atoms with van der Waals surface area (Å²) in [5, 5.41) is 9.48. The van der Waals surface area contributed by atoms with E-state index in [0.717, 1.165) is 37.7 Å². The second-order valence-corrected chi connectivity index (χ2v) is 6.57. The van der Waals surface area contributed by atoms with E-state index in [1.54, 1.807) is 12.1 Å². The summed E-state index contributed by atoms with van der Waals surface area (Å²) in [5.74, 6) is 0.771. The Kier molecular flexibility index (Phi) is 4.95. The summed E-state index contributed by atoms with van der Waals surface area (Å²) in [6.07, 6.45) is 0. The number of rotatable bonds is 4. The topological polar surface area (TPSA) is 35.9 Å². The number of hydrogen-bond donors (Lipinski definition) is 1. The van der Waals surface area contributed by atoms with E-state index in [1.807, 2.05) is 12.1 Å². The molecular formula is C20H26N2O2. The fourth-order valence-corrected chi connectivity index (χ4v) is 3.13. The van der Waals surface area contributed by atoms with Crippen molar-refractivity contribution in [2.75, 3.05) is 43.2 Å². The predicted molar refractivity (Wildman–Crippen MR) is 99.7 cm³/mol. The molecule has 0 amide bonds. The fourth-order valence-electron chi connectivity index (χ4n) is 3.13. The Balaban J connectivity index is 1.95. The smallest absolute Gasteiger partial charge is 0.115 e. The summed E-state index contributed by atoms with van der Waals surface area (Å²) in [5.41, 5.74) is 4.88. The van der Waals surface area contributed by atoms with Crippen LogP contribution in [0.5, 0.6) is 5.75 Å². The number of phenolic OH excluding ortho intramolecular Hbond substituents is 1. The van der Waals surface area contributed by atoms with Crippen LogP contribution in [-0.4, -0.2) is 38.5 Å².